The molecular weight excluding hydrogens is 488 g/mol. The van der Waals surface area contributed by atoms with Crippen LogP contribution in [0, 0.1) is 17.0 Å². The lowest BCUT2D eigenvalue weighted by Crippen LogP contribution is -2.29. The van der Waals surface area contributed by atoms with Gasteiger partial charge >= 0.3 is 5.97 Å². The van der Waals surface area contributed by atoms with E-state index in [4.69, 9.17) is 4.74 Å². The second kappa shape index (κ2) is 10.7. The van der Waals surface area contributed by atoms with Gasteiger partial charge in [0.25, 0.3) is 17.4 Å². The Morgan fingerprint density at radius 1 is 1.03 bits per heavy atom. The van der Waals surface area contributed by atoms with Crippen LogP contribution in [0.1, 0.15) is 52.5 Å². The number of rotatable bonds is 7. The molecule has 4 rings (SSSR count). The Bertz CT molecular complexity index is 1440. The normalized spacial score (nSPS) is 16.6. The third-order valence-electron chi connectivity index (χ3n) is 6.13. The van der Waals surface area contributed by atoms with Crippen LogP contribution in [0.3, 0.4) is 0 Å². The number of aryl methyl sites for hydroxylation is 1. The Hall–Kier alpha value is -4.79. The SMILES string of the molecule is Cc1cccc(C2/C(=C(/O)c3ccc([N+](=O)[O-])cc3)C(=O)C(=O)N2Cc2ccc(C(=O)OC(C)C)cc2)c1. The molecule has 0 radical (unpaired) electrons. The minimum absolute atomic E-state index is 0.0414. The van der Waals surface area contributed by atoms with Gasteiger partial charge in [0.2, 0.25) is 0 Å². The molecule has 0 bridgehead atoms. The number of Topliss-reactive ketones (excluding diaryl/α,β-unsaturated/α-hetero) is 1. The third kappa shape index (κ3) is 5.31. The second-order valence-electron chi connectivity index (χ2n) is 9.30. The van der Waals surface area contributed by atoms with Gasteiger partial charge in [-0.3, -0.25) is 19.7 Å². The van der Waals surface area contributed by atoms with Crippen molar-refractivity contribution < 1.29 is 29.2 Å². The van der Waals surface area contributed by atoms with E-state index in [1.165, 1.54) is 29.2 Å². The zero-order valence-electron chi connectivity index (χ0n) is 21.1. The molecule has 1 aliphatic rings. The van der Waals surface area contributed by atoms with Crippen LogP contribution in [0.5, 0.6) is 0 Å². The van der Waals surface area contributed by atoms with Crippen LogP contribution < -0.4 is 0 Å². The second-order valence-corrected chi connectivity index (χ2v) is 9.30. The van der Waals surface area contributed by atoms with E-state index in [9.17, 15) is 29.6 Å². The lowest BCUT2D eigenvalue weighted by atomic mass is 9.94. The molecule has 1 N–H and O–H groups in total. The molecule has 1 unspecified atom stereocenters. The Morgan fingerprint density at radius 3 is 2.24 bits per heavy atom. The molecule has 1 atom stereocenters. The van der Waals surface area contributed by atoms with Gasteiger partial charge in [0, 0.05) is 24.2 Å². The summed E-state index contributed by atoms with van der Waals surface area (Å²) in [7, 11) is 0. The van der Waals surface area contributed by atoms with Gasteiger partial charge < -0.3 is 14.7 Å². The smallest absolute Gasteiger partial charge is 0.338 e. The zero-order valence-corrected chi connectivity index (χ0v) is 21.1. The Morgan fingerprint density at radius 2 is 1.66 bits per heavy atom. The predicted molar refractivity (Wildman–Crippen MR) is 139 cm³/mol. The minimum atomic E-state index is -0.893. The maximum Gasteiger partial charge on any atom is 0.338 e. The number of esters is 1. The van der Waals surface area contributed by atoms with Crippen LogP contribution in [0.15, 0.2) is 78.4 Å². The molecule has 194 valence electrons. The molecule has 3 aromatic carbocycles. The number of carbonyl (C=O) groups excluding carboxylic acids is 3. The molecule has 1 amide bonds. The first-order valence-corrected chi connectivity index (χ1v) is 12.0. The van der Waals surface area contributed by atoms with E-state index in [1.54, 1.807) is 50.2 Å². The number of benzene rings is 3. The fourth-order valence-corrected chi connectivity index (χ4v) is 4.35. The van der Waals surface area contributed by atoms with E-state index in [-0.39, 0.29) is 29.5 Å². The monoisotopic (exact) mass is 514 g/mol. The number of hydrogen-bond donors (Lipinski definition) is 1. The number of non-ortho nitro benzene ring substituents is 1. The van der Waals surface area contributed by atoms with Gasteiger partial charge in [-0.15, -0.1) is 0 Å². The summed E-state index contributed by atoms with van der Waals surface area (Å²) < 4.78 is 5.21. The van der Waals surface area contributed by atoms with Gasteiger partial charge in [-0.25, -0.2) is 4.79 Å². The van der Waals surface area contributed by atoms with Crippen molar-refractivity contribution in [2.45, 2.75) is 39.5 Å². The number of aliphatic hydroxyl groups excluding tert-OH is 1. The molecule has 0 saturated carbocycles. The van der Waals surface area contributed by atoms with Crippen LogP contribution in [-0.2, 0) is 20.9 Å². The van der Waals surface area contributed by atoms with Gasteiger partial charge in [-0.2, -0.15) is 0 Å². The topological polar surface area (TPSA) is 127 Å². The zero-order chi connectivity index (χ0) is 27.6. The number of nitro groups is 1. The molecule has 1 saturated heterocycles. The van der Waals surface area contributed by atoms with E-state index in [0.717, 1.165) is 5.56 Å². The molecule has 1 aliphatic heterocycles. The highest BCUT2D eigenvalue weighted by molar-refractivity contribution is 6.46. The van der Waals surface area contributed by atoms with Gasteiger partial charge in [0.05, 0.1) is 28.2 Å². The average molecular weight is 515 g/mol. The number of ether oxygens (including phenoxy) is 1. The molecule has 0 aliphatic carbocycles. The first-order valence-electron chi connectivity index (χ1n) is 12.0. The van der Waals surface area contributed by atoms with E-state index < -0.39 is 34.4 Å². The van der Waals surface area contributed by atoms with Crippen molar-refractivity contribution in [2.75, 3.05) is 0 Å². The van der Waals surface area contributed by atoms with Crippen LogP contribution in [0.2, 0.25) is 0 Å². The van der Waals surface area contributed by atoms with Gasteiger partial charge in [-0.1, -0.05) is 42.0 Å². The fourth-order valence-electron chi connectivity index (χ4n) is 4.35. The Labute approximate surface area is 219 Å². The summed E-state index contributed by atoms with van der Waals surface area (Å²) in [4.78, 5) is 50.5. The van der Waals surface area contributed by atoms with Gasteiger partial charge in [0.15, 0.2) is 0 Å². The lowest BCUT2D eigenvalue weighted by Gasteiger charge is -2.26. The van der Waals surface area contributed by atoms with Crippen LogP contribution in [0.25, 0.3) is 5.76 Å². The molecule has 3 aromatic rings. The number of hydrogen-bond acceptors (Lipinski definition) is 7. The highest BCUT2D eigenvalue weighted by Gasteiger charge is 2.46. The molecule has 0 spiro atoms. The summed E-state index contributed by atoms with van der Waals surface area (Å²) in [6, 6.07) is 18.0. The van der Waals surface area contributed by atoms with Crippen LogP contribution in [-0.4, -0.2) is 38.7 Å². The van der Waals surface area contributed by atoms with E-state index in [2.05, 4.69) is 0 Å². The summed E-state index contributed by atoms with van der Waals surface area (Å²) in [5.74, 6) is -2.53. The number of carbonyl (C=O) groups is 3. The Balaban J connectivity index is 1.74. The molecule has 38 heavy (non-hydrogen) atoms. The number of aliphatic hydroxyl groups is 1. The highest BCUT2D eigenvalue weighted by Crippen LogP contribution is 2.40. The number of amides is 1. The summed E-state index contributed by atoms with van der Waals surface area (Å²) in [5.41, 5.74) is 2.46. The number of nitro benzene ring substituents is 1. The van der Waals surface area contributed by atoms with Crippen molar-refractivity contribution >= 4 is 29.1 Å². The minimum Gasteiger partial charge on any atom is -0.507 e. The Kier molecular flexibility index (Phi) is 7.38. The van der Waals surface area contributed by atoms with E-state index in [1.807, 2.05) is 19.1 Å². The molecule has 9 heteroatoms. The third-order valence-corrected chi connectivity index (χ3v) is 6.13. The lowest BCUT2D eigenvalue weighted by molar-refractivity contribution is -0.384. The van der Waals surface area contributed by atoms with Crippen molar-refractivity contribution in [3.8, 4) is 0 Å². The van der Waals surface area contributed by atoms with Crippen molar-refractivity contribution in [3.63, 3.8) is 0 Å². The predicted octanol–water partition coefficient (Wildman–Crippen LogP) is 5.09. The fraction of sp³-hybridized carbons (Fsp3) is 0.207. The maximum atomic E-state index is 13.2. The molecule has 1 fully saturated rings. The first kappa shape index (κ1) is 26.3. The van der Waals surface area contributed by atoms with Crippen molar-refractivity contribution in [1.82, 2.24) is 4.90 Å². The quantitative estimate of drug-likeness (QED) is 0.116. The number of ketones is 1. The highest BCUT2D eigenvalue weighted by atomic mass is 16.6. The largest absolute Gasteiger partial charge is 0.507 e. The van der Waals surface area contributed by atoms with Gasteiger partial charge in [-0.05, 0) is 56.2 Å². The first-order chi connectivity index (χ1) is 18.1. The molecule has 1 heterocycles. The van der Waals surface area contributed by atoms with Gasteiger partial charge in [0.1, 0.15) is 5.76 Å². The number of nitrogens with zero attached hydrogens (tertiary/aromatic N) is 2. The van der Waals surface area contributed by atoms with Crippen LogP contribution >= 0.6 is 0 Å². The molecule has 9 nitrogen and oxygen atoms in total. The summed E-state index contributed by atoms with van der Waals surface area (Å²) in [5, 5.41) is 22.2. The average Bonchev–Trinajstić information content (AvgIpc) is 3.13. The van der Waals surface area contributed by atoms with Crippen molar-refractivity contribution in [3.05, 3.63) is 116 Å². The van der Waals surface area contributed by atoms with E-state index in [0.29, 0.717) is 16.7 Å². The van der Waals surface area contributed by atoms with Crippen molar-refractivity contribution in [2.24, 2.45) is 0 Å². The van der Waals surface area contributed by atoms with Crippen molar-refractivity contribution in [1.29, 1.82) is 0 Å². The maximum absolute atomic E-state index is 13.2. The van der Waals surface area contributed by atoms with E-state index >= 15 is 0 Å². The summed E-state index contributed by atoms with van der Waals surface area (Å²) >= 11 is 0. The molecule has 0 aromatic heterocycles. The number of likely N-dealkylation sites (tertiary alicyclic amines) is 1. The summed E-state index contributed by atoms with van der Waals surface area (Å²) in [6.45, 7) is 5.43. The summed E-state index contributed by atoms with van der Waals surface area (Å²) in [6.07, 6.45) is -0.265. The molecular formula is C29H26N2O7. The van der Waals surface area contributed by atoms with Crippen LogP contribution in [0.4, 0.5) is 5.69 Å². The standard InChI is InChI=1S/C29H26N2O7/c1-17(2)38-29(35)21-9-7-19(8-10-21)16-30-25(22-6-4-5-18(3)15-22)24(27(33)28(30)34)26(32)20-11-13-23(14-12-20)31(36)37/h4-15,17,25,32H,16H2,1-3H3/b26-24-.